The van der Waals surface area contributed by atoms with Crippen LogP contribution >= 0.6 is 11.3 Å². The van der Waals surface area contributed by atoms with Gasteiger partial charge in [-0.2, -0.15) is 5.10 Å². The van der Waals surface area contributed by atoms with Crippen molar-refractivity contribution < 1.29 is 4.74 Å². The SMILES string of the molecule is c1cc(N2CCOCC2)cc(Nc2nc3ccc(-c4cn[nH]c4)nc3s2)n1. The van der Waals surface area contributed by atoms with Gasteiger partial charge in [-0.15, -0.1) is 0 Å². The zero-order valence-corrected chi connectivity index (χ0v) is 15.2. The lowest BCUT2D eigenvalue weighted by molar-refractivity contribution is 0.122. The number of anilines is 3. The first-order valence-corrected chi connectivity index (χ1v) is 9.49. The molecule has 0 bridgehead atoms. The van der Waals surface area contributed by atoms with Crippen LogP contribution in [0.4, 0.5) is 16.6 Å². The van der Waals surface area contributed by atoms with Crippen molar-refractivity contribution in [3.8, 4) is 11.3 Å². The lowest BCUT2D eigenvalue weighted by atomic mass is 10.2. The molecular formula is C18H17N7OS. The Bertz CT molecular complexity index is 1060. The fourth-order valence-corrected chi connectivity index (χ4v) is 3.88. The van der Waals surface area contributed by atoms with Crippen molar-refractivity contribution >= 4 is 38.3 Å². The minimum Gasteiger partial charge on any atom is -0.378 e. The summed E-state index contributed by atoms with van der Waals surface area (Å²) in [6.07, 6.45) is 5.40. The Morgan fingerprint density at radius 3 is 2.93 bits per heavy atom. The van der Waals surface area contributed by atoms with Gasteiger partial charge in [0.25, 0.3) is 0 Å². The van der Waals surface area contributed by atoms with E-state index in [1.165, 1.54) is 11.3 Å². The predicted molar refractivity (Wildman–Crippen MR) is 106 cm³/mol. The Labute approximate surface area is 159 Å². The number of H-pyrrole nitrogens is 1. The molecule has 27 heavy (non-hydrogen) atoms. The second-order valence-corrected chi connectivity index (χ2v) is 7.13. The molecule has 1 fully saturated rings. The Balaban J connectivity index is 1.39. The van der Waals surface area contributed by atoms with Gasteiger partial charge < -0.3 is 15.0 Å². The maximum Gasteiger partial charge on any atom is 0.190 e. The molecule has 8 nitrogen and oxygen atoms in total. The third-order valence-electron chi connectivity index (χ3n) is 4.40. The first-order chi connectivity index (χ1) is 13.3. The number of aromatic amines is 1. The van der Waals surface area contributed by atoms with Crippen molar-refractivity contribution in [2.24, 2.45) is 0 Å². The van der Waals surface area contributed by atoms with Crippen LogP contribution in [0.5, 0.6) is 0 Å². The van der Waals surface area contributed by atoms with E-state index in [1.807, 2.05) is 36.7 Å². The second kappa shape index (κ2) is 6.93. The molecular weight excluding hydrogens is 362 g/mol. The number of morpholine rings is 1. The summed E-state index contributed by atoms with van der Waals surface area (Å²) in [5.41, 5.74) is 3.83. The largest absolute Gasteiger partial charge is 0.378 e. The van der Waals surface area contributed by atoms with Gasteiger partial charge >= 0.3 is 0 Å². The molecule has 5 rings (SSSR count). The zero-order valence-electron chi connectivity index (χ0n) is 14.4. The van der Waals surface area contributed by atoms with E-state index in [4.69, 9.17) is 4.74 Å². The van der Waals surface area contributed by atoms with Crippen LogP contribution in [0.25, 0.3) is 21.6 Å². The number of fused-ring (bicyclic) bond motifs is 1. The van der Waals surface area contributed by atoms with Crippen LogP contribution in [-0.4, -0.2) is 51.5 Å². The van der Waals surface area contributed by atoms with Crippen molar-refractivity contribution in [2.45, 2.75) is 0 Å². The summed E-state index contributed by atoms with van der Waals surface area (Å²) in [5.74, 6) is 0.771. The Morgan fingerprint density at radius 2 is 2.07 bits per heavy atom. The number of pyridine rings is 2. The number of rotatable bonds is 4. The van der Waals surface area contributed by atoms with E-state index < -0.39 is 0 Å². The zero-order chi connectivity index (χ0) is 18.1. The number of nitrogens with one attached hydrogen (secondary N) is 2. The average Bonchev–Trinajstić information content (AvgIpc) is 3.38. The van der Waals surface area contributed by atoms with E-state index in [2.05, 4.69) is 35.4 Å². The van der Waals surface area contributed by atoms with Crippen molar-refractivity contribution in [2.75, 3.05) is 36.5 Å². The third-order valence-corrected chi connectivity index (χ3v) is 5.28. The summed E-state index contributed by atoms with van der Waals surface area (Å²) in [6, 6.07) is 7.99. The highest BCUT2D eigenvalue weighted by Crippen LogP contribution is 2.29. The smallest absolute Gasteiger partial charge is 0.190 e. The summed E-state index contributed by atoms with van der Waals surface area (Å²) >= 11 is 1.51. The summed E-state index contributed by atoms with van der Waals surface area (Å²) in [4.78, 5) is 16.9. The van der Waals surface area contributed by atoms with E-state index >= 15 is 0 Å². The molecule has 0 aliphatic carbocycles. The maximum atomic E-state index is 5.42. The summed E-state index contributed by atoms with van der Waals surface area (Å²) < 4.78 is 5.42. The molecule has 4 aromatic rings. The molecule has 0 radical (unpaired) electrons. The van der Waals surface area contributed by atoms with Crippen molar-refractivity contribution in [3.05, 3.63) is 42.9 Å². The monoisotopic (exact) mass is 379 g/mol. The molecule has 0 saturated carbocycles. The van der Waals surface area contributed by atoms with Crippen molar-refractivity contribution in [1.82, 2.24) is 25.1 Å². The number of nitrogens with zero attached hydrogens (tertiary/aromatic N) is 5. The van der Waals surface area contributed by atoms with Crippen LogP contribution < -0.4 is 10.2 Å². The molecule has 1 aliphatic heterocycles. The highest BCUT2D eigenvalue weighted by atomic mass is 32.1. The Hall–Kier alpha value is -3.04. The van der Waals surface area contributed by atoms with E-state index in [1.54, 1.807) is 6.20 Å². The van der Waals surface area contributed by atoms with Gasteiger partial charge in [0.1, 0.15) is 16.2 Å². The van der Waals surface area contributed by atoms with Gasteiger partial charge in [-0.1, -0.05) is 11.3 Å². The summed E-state index contributed by atoms with van der Waals surface area (Å²) in [5, 5.41) is 10.9. The van der Waals surface area contributed by atoms with Crippen LogP contribution in [0.2, 0.25) is 0 Å². The van der Waals surface area contributed by atoms with Gasteiger partial charge in [-0.25, -0.2) is 15.0 Å². The van der Waals surface area contributed by atoms with Crippen LogP contribution in [0.3, 0.4) is 0 Å². The van der Waals surface area contributed by atoms with Gasteiger partial charge in [0.05, 0.1) is 25.1 Å². The van der Waals surface area contributed by atoms with Gasteiger partial charge in [-0.05, 0) is 18.2 Å². The summed E-state index contributed by atoms with van der Waals surface area (Å²) in [6.45, 7) is 3.30. The number of aromatic nitrogens is 5. The standard InChI is InChI=1S/C18H17N7OS/c1-2-15-17(22-14(1)12-10-20-21-11-12)27-18(23-15)24-16-9-13(3-4-19-16)25-5-7-26-8-6-25/h1-4,9-11H,5-8H2,(H,20,21)(H,19,23,24). The highest BCUT2D eigenvalue weighted by Gasteiger charge is 2.13. The van der Waals surface area contributed by atoms with Gasteiger partial charge in [0, 0.05) is 42.8 Å². The first-order valence-electron chi connectivity index (χ1n) is 8.68. The van der Waals surface area contributed by atoms with E-state index in [0.29, 0.717) is 0 Å². The van der Waals surface area contributed by atoms with E-state index in [0.717, 1.165) is 64.5 Å². The molecule has 0 aromatic carbocycles. The van der Waals surface area contributed by atoms with Crippen LogP contribution in [-0.2, 0) is 4.74 Å². The summed E-state index contributed by atoms with van der Waals surface area (Å²) in [7, 11) is 0. The van der Waals surface area contributed by atoms with Crippen LogP contribution in [0.15, 0.2) is 42.9 Å². The molecule has 4 aromatic heterocycles. The fraction of sp³-hybridized carbons (Fsp3) is 0.222. The van der Waals surface area contributed by atoms with Crippen LogP contribution in [0.1, 0.15) is 0 Å². The maximum absolute atomic E-state index is 5.42. The molecule has 0 amide bonds. The van der Waals surface area contributed by atoms with Gasteiger partial charge in [-0.3, -0.25) is 5.10 Å². The molecule has 2 N–H and O–H groups in total. The number of hydrogen-bond donors (Lipinski definition) is 2. The fourth-order valence-electron chi connectivity index (χ4n) is 3.04. The second-order valence-electron chi connectivity index (χ2n) is 6.15. The molecule has 5 heterocycles. The first kappa shape index (κ1) is 16.2. The average molecular weight is 379 g/mol. The molecule has 0 atom stereocenters. The predicted octanol–water partition coefficient (Wildman–Crippen LogP) is 3.06. The third kappa shape index (κ3) is 3.34. The van der Waals surface area contributed by atoms with Gasteiger partial charge in [0.15, 0.2) is 5.13 Å². The molecule has 1 saturated heterocycles. The number of thiazole rings is 1. The topological polar surface area (TPSA) is 91.8 Å². The molecule has 9 heteroatoms. The lowest BCUT2D eigenvalue weighted by Gasteiger charge is -2.28. The Kier molecular flexibility index (Phi) is 4.15. The van der Waals surface area contributed by atoms with Crippen molar-refractivity contribution in [1.29, 1.82) is 0 Å². The van der Waals surface area contributed by atoms with Crippen molar-refractivity contribution in [3.63, 3.8) is 0 Å². The van der Waals surface area contributed by atoms with Crippen LogP contribution in [0, 0.1) is 0 Å². The van der Waals surface area contributed by atoms with E-state index in [-0.39, 0.29) is 0 Å². The highest BCUT2D eigenvalue weighted by molar-refractivity contribution is 7.21. The molecule has 0 spiro atoms. The minimum absolute atomic E-state index is 0.758. The Morgan fingerprint density at radius 1 is 1.15 bits per heavy atom. The quantitative estimate of drug-likeness (QED) is 0.563. The molecule has 136 valence electrons. The lowest BCUT2D eigenvalue weighted by Crippen LogP contribution is -2.36. The molecule has 0 unspecified atom stereocenters. The number of ether oxygens (including phenoxy) is 1. The minimum atomic E-state index is 0.758. The normalized spacial score (nSPS) is 14.6. The van der Waals surface area contributed by atoms with Gasteiger partial charge in [0.2, 0.25) is 0 Å². The van der Waals surface area contributed by atoms with E-state index in [9.17, 15) is 0 Å². The number of hydrogen-bond acceptors (Lipinski definition) is 8. The molecule has 1 aliphatic rings.